The first-order chi connectivity index (χ1) is 12.3. The molecule has 1 saturated heterocycles. The Bertz CT molecular complexity index is 644. The third-order valence-electron chi connectivity index (χ3n) is 4.83. The fraction of sp³-hybridized carbons (Fsp3) is 0.450. The average molecular weight is 358 g/mol. The lowest BCUT2D eigenvalue weighted by Gasteiger charge is -2.32. The Balaban J connectivity index is 1.57. The Hall–Kier alpha value is -1.69. The molecule has 5 heteroatoms. The van der Waals surface area contributed by atoms with E-state index in [4.69, 9.17) is 0 Å². The number of rotatable bonds is 7. The van der Waals surface area contributed by atoms with Gasteiger partial charge >= 0.3 is 0 Å². The van der Waals surface area contributed by atoms with Crippen molar-refractivity contribution < 1.29 is 4.79 Å². The van der Waals surface area contributed by atoms with Crippen molar-refractivity contribution in [2.75, 3.05) is 26.7 Å². The zero-order valence-corrected chi connectivity index (χ0v) is 15.6. The number of thiophene rings is 1. The minimum absolute atomic E-state index is 0.0555. The number of hydrogen-bond acceptors (Lipinski definition) is 4. The fourth-order valence-corrected chi connectivity index (χ4v) is 4.21. The lowest BCUT2D eigenvalue weighted by molar-refractivity contribution is -0.122. The number of likely N-dealkylation sites (N-methyl/N-ethyl adjacent to an activating group) is 1. The predicted molar refractivity (Wildman–Crippen MR) is 104 cm³/mol. The summed E-state index contributed by atoms with van der Waals surface area (Å²) in [6.45, 7) is 2.96. The standard InChI is InChI=1S/C20H27N3OS/c1-21-17-9-5-12-23(15-17)13-11-19(24)22-20(18-10-6-14-25-18)16-7-3-2-4-8-16/h2-4,6-8,10,14,17,20-21H,5,9,11-13,15H2,1H3,(H,22,24). The Kier molecular flexibility index (Phi) is 6.62. The highest BCUT2D eigenvalue weighted by Crippen LogP contribution is 2.26. The molecule has 2 unspecified atom stereocenters. The summed E-state index contributed by atoms with van der Waals surface area (Å²) in [6, 6.07) is 14.8. The van der Waals surface area contributed by atoms with Crippen LogP contribution in [0.15, 0.2) is 47.8 Å². The van der Waals surface area contributed by atoms with Crippen LogP contribution >= 0.6 is 11.3 Å². The number of likely N-dealkylation sites (tertiary alicyclic amines) is 1. The van der Waals surface area contributed by atoms with Gasteiger partial charge in [-0.3, -0.25) is 4.79 Å². The molecule has 25 heavy (non-hydrogen) atoms. The number of nitrogens with one attached hydrogen (secondary N) is 2. The molecule has 1 amide bonds. The van der Waals surface area contributed by atoms with Gasteiger partial charge < -0.3 is 15.5 Å². The highest BCUT2D eigenvalue weighted by Gasteiger charge is 2.21. The minimum Gasteiger partial charge on any atom is -0.344 e. The van der Waals surface area contributed by atoms with Gasteiger partial charge in [-0.25, -0.2) is 0 Å². The topological polar surface area (TPSA) is 44.4 Å². The van der Waals surface area contributed by atoms with E-state index in [1.165, 1.54) is 17.7 Å². The van der Waals surface area contributed by atoms with Crippen LogP contribution in [0.2, 0.25) is 0 Å². The molecule has 1 fully saturated rings. The zero-order valence-electron chi connectivity index (χ0n) is 14.8. The van der Waals surface area contributed by atoms with Crippen LogP contribution in [-0.2, 0) is 4.79 Å². The number of carbonyl (C=O) groups excluding carboxylic acids is 1. The highest BCUT2D eigenvalue weighted by molar-refractivity contribution is 7.10. The molecule has 2 heterocycles. The first-order valence-electron chi connectivity index (χ1n) is 9.03. The Morgan fingerprint density at radius 2 is 2.12 bits per heavy atom. The van der Waals surface area contributed by atoms with Crippen LogP contribution in [0, 0.1) is 0 Å². The van der Waals surface area contributed by atoms with Gasteiger partial charge in [-0.05, 0) is 43.4 Å². The van der Waals surface area contributed by atoms with Crippen LogP contribution in [-0.4, -0.2) is 43.5 Å². The molecule has 0 aliphatic carbocycles. The van der Waals surface area contributed by atoms with Gasteiger partial charge in [0.1, 0.15) is 0 Å². The van der Waals surface area contributed by atoms with Gasteiger partial charge in [0.15, 0.2) is 0 Å². The molecule has 1 aromatic carbocycles. The molecule has 0 saturated carbocycles. The molecular weight excluding hydrogens is 330 g/mol. The van der Waals surface area contributed by atoms with Crippen LogP contribution in [0.1, 0.15) is 35.7 Å². The molecule has 3 rings (SSSR count). The number of amides is 1. The Labute approximate surface area is 154 Å². The molecule has 2 N–H and O–H groups in total. The molecule has 0 radical (unpaired) electrons. The molecule has 2 atom stereocenters. The number of carbonyl (C=O) groups is 1. The Morgan fingerprint density at radius 3 is 2.84 bits per heavy atom. The van der Waals surface area contributed by atoms with Crippen molar-refractivity contribution in [3.63, 3.8) is 0 Å². The summed E-state index contributed by atoms with van der Waals surface area (Å²) in [5.41, 5.74) is 1.13. The summed E-state index contributed by atoms with van der Waals surface area (Å²) in [5.74, 6) is 0.119. The molecule has 4 nitrogen and oxygen atoms in total. The van der Waals surface area contributed by atoms with E-state index >= 15 is 0 Å². The van der Waals surface area contributed by atoms with E-state index in [2.05, 4.69) is 39.1 Å². The van der Waals surface area contributed by atoms with Crippen LogP contribution in [0.5, 0.6) is 0 Å². The highest BCUT2D eigenvalue weighted by atomic mass is 32.1. The smallest absolute Gasteiger partial charge is 0.222 e. The summed E-state index contributed by atoms with van der Waals surface area (Å²) in [4.78, 5) is 16.1. The van der Waals surface area contributed by atoms with Gasteiger partial charge in [0.05, 0.1) is 6.04 Å². The van der Waals surface area contributed by atoms with E-state index in [9.17, 15) is 4.79 Å². The molecule has 0 bridgehead atoms. The van der Waals surface area contributed by atoms with E-state index in [0.717, 1.165) is 25.2 Å². The molecule has 134 valence electrons. The summed E-state index contributed by atoms with van der Waals surface area (Å²) in [7, 11) is 2.02. The molecule has 2 aromatic rings. The van der Waals surface area contributed by atoms with Crippen LogP contribution in [0.3, 0.4) is 0 Å². The van der Waals surface area contributed by atoms with Crippen LogP contribution in [0.25, 0.3) is 0 Å². The third-order valence-corrected chi connectivity index (χ3v) is 5.77. The largest absolute Gasteiger partial charge is 0.344 e. The van der Waals surface area contributed by atoms with Gasteiger partial charge in [0.2, 0.25) is 5.91 Å². The quantitative estimate of drug-likeness (QED) is 0.801. The maximum absolute atomic E-state index is 12.6. The Morgan fingerprint density at radius 1 is 1.28 bits per heavy atom. The van der Waals surface area contributed by atoms with Crippen molar-refractivity contribution in [3.8, 4) is 0 Å². The normalized spacial score (nSPS) is 19.5. The molecule has 1 aliphatic rings. The van der Waals surface area contributed by atoms with E-state index < -0.39 is 0 Å². The molecule has 1 aromatic heterocycles. The van der Waals surface area contributed by atoms with E-state index in [-0.39, 0.29) is 11.9 Å². The SMILES string of the molecule is CNC1CCCN(CCC(=O)NC(c2ccccc2)c2cccs2)C1. The van der Waals surface area contributed by atoms with Crippen molar-refractivity contribution in [1.29, 1.82) is 0 Å². The average Bonchev–Trinajstić information content (AvgIpc) is 3.20. The van der Waals surface area contributed by atoms with Crippen molar-refractivity contribution in [1.82, 2.24) is 15.5 Å². The fourth-order valence-electron chi connectivity index (χ4n) is 3.41. The lowest BCUT2D eigenvalue weighted by atomic mass is 10.0. The second-order valence-corrected chi connectivity index (χ2v) is 7.58. The summed E-state index contributed by atoms with van der Waals surface area (Å²) < 4.78 is 0. The zero-order chi connectivity index (χ0) is 17.5. The van der Waals surface area contributed by atoms with Crippen molar-refractivity contribution in [3.05, 3.63) is 58.3 Å². The van der Waals surface area contributed by atoms with Gasteiger partial charge in [-0.2, -0.15) is 0 Å². The van der Waals surface area contributed by atoms with E-state index in [1.54, 1.807) is 11.3 Å². The second-order valence-electron chi connectivity index (χ2n) is 6.61. The van der Waals surface area contributed by atoms with Crippen LogP contribution in [0.4, 0.5) is 0 Å². The first kappa shape index (κ1) is 18.1. The number of nitrogens with zero attached hydrogens (tertiary/aromatic N) is 1. The number of piperidine rings is 1. The molecular formula is C20H27N3OS. The second kappa shape index (κ2) is 9.13. The van der Waals surface area contributed by atoms with Crippen LogP contribution < -0.4 is 10.6 Å². The third kappa shape index (κ3) is 5.14. The summed E-state index contributed by atoms with van der Waals surface area (Å²) >= 11 is 1.68. The number of benzene rings is 1. The van der Waals surface area contributed by atoms with E-state index in [1.807, 2.05) is 31.3 Å². The van der Waals surface area contributed by atoms with Crippen molar-refractivity contribution >= 4 is 17.2 Å². The van der Waals surface area contributed by atoms with Gasteiger partial charge in [-0.15, -0.1) is 11.3 Å². The van der Waals surface area contributed by atoms with Gasteiger partial charge in [-0.1, -0.05) is 36.4 Å². The van der Waals surface area contributed by atoms with Gasteiger partial charge in [0, 0.05) is 30.4 Å². The van der Waals surface area contributed by atoms with Crippen molar-refractivity contribution in [2.45, 2.75) is 31.3 Å². The minimum atomic E-state index is -0.0555. The van der Waals surface area contributed by atoms with Gasteiger partial charge in [0.25, 0.3) is 0 Å². The van der Waals surface area contributed by atoms with E-state index in [0.29, 0.717) is 12.5 Å². The van der Waals surface area contributed by atoms with Crippen molar-refractivity contribution in [2.24, 2.45) is 0 Å². The summed E-state index contributed by atoms with van der Waals surface area (Å²) in [6.07, 6.45) is 2.98. The lowest BCUT2D eigenvalue weighted by Crippen LogP contribution is -2.45. The monoisotopic (exact) mass is 357 g/mol. The predicted octanol–water partition coefficient (Wildman–Crippen LogP) is 3.03. The maximum Gasteiger partial charge on any atom is 0.222 e. The molecule has 1 aliphatic heterocycles. The molecule has 0 spiro atoms. The first-order valence-corrected chi connectivity index (χ1v) is 9.91. The maximum atomic E-state index is 12.6. The number of hydrogen-bond donors (Lipinski definition) is 2. The summed E-state index contributed by atoms with van der Waals surface area (Å²) in [5, 5.41) is 8.64.